The molecule has 1 aromatic carbocycles. The van der Waals surface area contributed by atoms with Crippen LogP contribution in [0.25, 0.3) is 0 Å². The number of carbonyl (C=O) groups is 1. The molecule has 1 saturated heterocycles. The highest BCUT2D eigenvalue weighted by Crippen LogP contribution is 2.15. The van der Waals surface area contributed by atoms with Gasteiger partial charge in [-0.3, -0.25) is 4.79 Å². The van der Waals surface area contributed by atoms with Gasteiger partial charge in [-0.2, -0.15) is 0 Å². The summed E-state index contributed by atoms with van der Waals surface area (Å²) in [5.74, 6) is 0.0303. The molecule has 0 saturated carbocycles. The molecule has 0 bridgehead atoms. The van der Waals surface area contributed by atoms with Crippen molar-refractivity contribution in [3.63, 3.8) is 0 Å². The second-order valence-electron chi connectivity index (χ2n) is 4.00. The standard InChI is InChI=1S/C12H16N2O3.ClH/c15-10-3-1-2-9(6-10)14-12(16)7-11-8-13-4-5-17-11;/h1-3,6,11,13,15H,4-5,7-8H2,(H,14,16);1H. The van der Waals surface area contributed by atoms with E-state index in [9.17, 15) is 9.90 Å². The Labute approximate surface area is 112 Å². The molecule has 0 radical (unpaired) electrons. The van der Waals surface area contributed by atoms with Crippen molar-refractivity contribution < 1.29 is 14.6 Å². The average Bonchev–Trinajstić information content (AvgIpc) is 2.30. The van der Waals surface area contributed by atoms with Crippen LogP contribution in [0.3, 0.4) is 0 Å². The molecule has 5 nitrogen and oxygen atoms in total. The molecule has 3 N–H and O–H groups in total. The second-order valence-corrected chi connectivity index (χ2v) is 4.00. The molecule has 2 rings (SSSR count). The third-order valence-electron chi connectivity index (χ3n) is 2.55. The molecule has 100 valence electrons. The molecule has 1 unspecified atom stereocenters. The minimum Gasteiger partial charge on any atom is -0.508 e. The van der Waals surface area contributed by atoms with Crippen molar-refractivity contribution >= 4 is 24.0 Å². The van der Waals surface area contributed by atoms with E-state index in [0.29, 0.717) is 25.3 Å². The highest BCUT2D eigenvalue weighted by molar-refractivity contribution is 5.91. The fraction of sp³-hybridized carbons (Fsp3) is 0.417. The Bertz CT molecular complexity index is 395. The molecule has 1 atom stereocenters. The number of morpholine rings is 1. The summed E-state index contributed by atoms with van der Waals surface area (Å²) in [6.07, 6.45) is 0.254. The second kappa shape index (κ2) is 7.20. The van der Waals surface area contributed by atoms with Crippen LogP contribution >= 0.6 is 12.4 Å². The minimum absolute atomic E-state index is 0. The molecule has 0 aromatic heterocycles. The van der Waals surface area contributed by atoms with Gasteiger partial charge in [-0.1, -0.05) is 6.07 Å². The van der Waals surface area contributed by atoms with E-state index in [2.05, 4.69) is 10.6 Å². The van der Waals surface area contributed by atoms with Gasteiger partial charge >= 0.3 is 0 Å². The number of phenols is 1. The number of nitrogens with one attached hydrogen (secondary N) is 2. The van der Waals surface area contributed by atoms with E-state index >= 15 is 0 Å². The molecule has 18 heavy (non-hydrogen) atoms. The topological polar surface area (TPSA) is 70.6 Å². The van der Waals surface area contributed by atoms with Crippen LogP contribution in [-0.4, -0.2) is 36.8 Å². The van der Waals surface area contributed by atoms with Crippen molar-refractivity contribution in [3.05, 3.63) is 24.3 Å². The Kier molecular flexibility index (Phi) is 5.91. The molecule has 6 heteroatoms. The van der Waals surface area contributed by atoms with E-state index in [1.165, 1.54) is 6.07 Å². The van der Waals surface area contributed by atoms with E-state index < -0.39 is 0 Å². The van der Waals surface area contributed by atoms with Crippen molar-refractivity contribution in [2.75, 3.05) is 25.0 Å². The molecule has 1 aromatic rings. The lowest BCUT2D eigenvalue weighted by Gasteiger charge is -2.23. The van der Waals surface area contributed by atoms with Crippen molar-refractivity contribution in [1.29, 1.82) is 0 Å². The quantitative estimate of drug-likeness (QED) is 0.771. The Morgan fingerprint density at radius 1 is 1.56 bits per heavy atom. The molecule has 1 fully saturated rings. The minimum atomic E-state index is -0.107. The smallest absolute Gasteiger partial charge is 0.227 e. The lowest BCUT2D eigenvalue weighted by atomic mass is 10.2. The number of phenolic OH excluding ortho intramolecular Hbond substituents is 1. The molecule has 1 heterocycles. The maximum absolute atomic E-state index is 11.7. The fourth-order valence-electron chi connectivity index (χ4n) is 1.75. The Hall–Kier alpha value is -1.30. The summed E-state index contributed by atoms with van der Waals surface area (Å²) in [5.41, 5.74) is 0.596. The molecular weight excluding hydrogens is 256 g/mol. The number of ether oxygens (including phenoxy) is 1. The van der Waals surface area contributed by atoms with E-state index in [1.807, 2.05) is 0 Å². The third kappa shape index (κ3) is 4.52. The zero-order valence-corrected chi connectivity index (χ0v) is 10.7. The maximum atomic E-state index is 11.7. The van der Waals surface area contributed by atoms with Gasteiger partial charge in [0.2, 0.25) is 5.91 Å². The number of hydrogen-bond acceptors (Lipinski definition) is 4. The summed E-state index contributed by atoms with van der Waals surface area (Å²) >= 11 is 0. The van der Waals surface area contributed by atoms with Gasteiger partial charge in [-0.05, 0) is 12.1 Å². The van der Waals surface area contributed by atoms with Gasteiger partial charge in [0.25, 0.3) is 0 Å². The monoisotopic (exact) mass is 272 g/mol. The van der Waals surface area contributed by atoms with E-state index in [4.69, 9.17) is 4.74 Å². The third-order valence-corrected chi connectivity index (χ3v) is 2.55. The summed E-state index contributed by atoms with van der Waals surface area (Å²) in [4.78, 5) is 11.7. The van der Waals surface area contributed by atoms with Crippen LogP contribution < -0.4 is 10.6 Å². The summed E-state index contributed by atoms with van der Waals surface area (Å²) in [7, 11) is 0. The maximum Gasteiger partial charge on any atom is 0.227 e. The number of rotatable bonds is 3. The summed E-state index contributed by atoms with van der Waals surface area (Å²) in [6.45, 7) is 2.18. The van der Waals surface area contributed by atoms with Crippen LogP contribution in [0, 0.1) is 0 Å². The Balaban J connectivity index is 0.00000162. The number of halogens is 1. The lowest BCUT2D eigenvalue weighted by molar-refractivity contribution is -0.119. The van der Waals surface area contributed by atoms with Crippen LogP contribution in [0.4, 0.5) is 5.69 Å². The molecule has 1 amide bonds. The van der Waals surface area contributed by atoms with Crippen molar-refractivity contribution in [2.45, 2.75) is 12.5 Å². The zero-order chi connectivity index (χ0) is 12.1. The number of anilines is 1. The SMILES string of the molecule is Cl.O=C(CC1CNCCO1)Nc1cccc(O)c1. The predicted molar refractivity (Wildman–Crippen MR) is 71.2 cm³/mol. The van der Waals surface area contributed by atoms with Gasteiger partial charge in [-0.25, -0.2) is 0 Å². The van der Waals surface area contributed by atoms with Gasteiger partial charge in [0.1, 0.15) is 5.75 Å². The van der Waals surface area contributed by atoms with E-state index in [-0.39, 0.29) is 30.2 Å². The largest absolute Gasteiger partial charge is 0.508 e. The number of amides is 1. The molecule has 1 aliphatic heterocycles. The predicted octanol–water partition coefficient (Wildman–Crippen LogP) is 1.13. The van der Waals surface area contributed by atoms with E-state index in [0.717, 1.165) is 6.54 Å². The number of carbonyl (C=O) groups excluding carboxylic acids is 1. The van der Waals surface area contributed by atoms with Gasteiger partial charge in [-0.15, -0.1) is 12.4 Å². The first kappa shape index (κ1) is 14.8. The highest BCUT2D eigenvalue weighted by Gasteiger charge is 2.17. The van der Waals surface area contributed by atoms with E-state index in [1.54, 1.807) is 18.2 Å². The fourth-order valence-corrected chi connectivity index (χ4v) is 1.75. The first-order valence-electron chi connectivity index (χ1n) is 5.65. The van der Waals surface area contributed by atoms with Crippen LogP contribution in [0.2, 0.25) is 0 Å². The molecule has 0 spiro atoms. The summed E-state index contributed by atoms with van der Waals surface area (Å²) in [6, 6.07) is 6.49. The first-order valence-corrected chi connectivity index (χ1v) is 5.65. The Morgan fingerprint density at radius 2 is 2.39 bits per heavy atom. The van der Waals surface area contributed by atoms with Crippen molar-refractivity contribution in [1.82, 2.24) is 5.32 Å². The van der Waals surface area contributed by atoms with Crippen LogP contribution in [-0.2, 0) is 9.53 Å². The Morgan fingerprint density at radius 3 is 3.06 bits per heavy atom. The highest BCUT2D eigenvalue weighted by atomic mass is 35.5. The van der Waals surface area contributed by atoms with Crippen molar-refractivity contribution in [2.24, 2.45) is 0 Å². The average molecular weight is 273 g/mol. The van der Waals surface area contributed by atoms with Gasteiger partial charge in [0.15, 0.2) is 0 Å². The number of aromatic hydroxyl groups is 1. The van der Waals surface area contributed by atoms with Gasteiger partial charge < -0.3 is 20.5 Å². The number of hydrogen-bond donors (Lipinski definition) is 3. The van der Waals surface area contributed by atoms with Crippen molar-refractivity contribution in [3.8, 4) is 5.75 Å². The van der Waals surface area contributed by atoms with Gasteiger partial charge in [0, 0.05) is 24.8 Å². The van der Waals surface area contributed by atoms with Gasteiger partial charge in [0.05, 0.1) is 19.1 Å². The van der Waals surface area contributed by atoms with Crippen LogP contribution in [0.5, 0.6) is 5.75 Å². The molecular formula is C12H17ClN2O3. The molecule has 0 aliphatic carbocycles. The summed E-state index contributed by atoms with van der Waals surface area (Å²) < 4.78 is 5.44. The van der Waals surface area contributed by atoms with Crippen LogP contribution in [0.15, 0.2) is 24.3 Å². The lowest BCUT2D eigenvalue weighted by Crippen LogP contribution is -2.40. The van der Waals surface area contributed by atoms with Crippen LogP contribution in [0.1, 0.15) is 6.42 Å². The molecule has 1 aliphatic rings. The first-order chi connectivity index (χ1) is 8.24. The number of benzene rings is 1. The summed E-state index contributed by atoms with van der Waals surface area (Å²) in [5, 5.41) is 15.2. The normalized spacial score (nSPS) is 18.8. The zero-order valence-electron chi connectivity index (χ0n) is 9.89.